The highest BCUT2D eigenvalue weighted by atomic mass is 32.2. The number of nitrogens with one attached hydrogen (secondary N) is 1. The van der Waals surface area contributed by atoms with E-state index < -0.39 is 21.5 Å². The molecule has 0 saturated heterocycles. The van der Waals surface area contributed by atoms with Crippen LogP contribution < -0.4 is 9.46 Å². The number of carbonyl (C=O) groups is 2. The van der Waals surface area contributed by atoms with Gasteiger partial charge < -0.3 is 9.64 Å². The lowest BCUT2D eigenvalue weighted by Crippen LogP contribution is -2.40. The molecule has 0 unspecified atom stereocenters. The fourth-order valence-electron chi connectivity index (χ4n) is 5.09. The molecule has 12 heteroatoms. The van der Waals surface area contributed by atoms with E-state index in [1.54, 1.807) is 20.2 Å². The number of rotatable bonds is 13. The highest BCUT2D eigenvalue weighted by molar-refractivity contribution is 7.87. The van der Waals surface area contributed by atoms with Gasteiger partial charge in [-0.3, -0.25) is 14.6 Å². The van der Waals surface area contributed by atoms with Crippen molar-refractivity contribution in [2.75, 3.05) is 27.7 Å². The van der Waals surface area contributed by atoms with Crippen LogP contribution in [0.15, 0.2) is 42.6 Å². The van der Waals surface area contributed by atoms with Crippen molar-refractivity contribution in [1.82, 2.24) is 23.9 Å². The highest BCUT2D eigenvalue weighted by Crippen LogP contribution is 2.49. The van der Waals surface area contributed by atoms with Gasteiger partial charge >= 0.3 is 10.2 Å². The van der Waals surface area contributed by atoms with E-state index in [1.165, 1.54) is 49.4 Å². The quantitative estimate of drug-likeness (QED) is 0.311. The Bertz CT molecular complexity index is 1560. The fraction of sp³-hybridized carbons (Fsp3) is 0.467. The lowest BCUT2D eigenvalue weighted by Gasteiger charge is -2.27. The van der Waals surface area contributed by atoms with E-state index in [1.807, 2.05) is 21.8 Å². The number of benzene rings is 1. The van der Waals surface area contributed by atoms with Crippen LogP contribution in [0.3, 0.4) is 0 Å². The fourth-order valence-corrected chi connectivity index (χ4v) is 6.55. The second kappa shape index (κ2) is 12.1. The number of nitrogens with zero attached hydrogens (tertiary/aromatic N) is 4. The van der Waals surface area contributed by atoms with Crippen molar-refractivity contribution in [2.45, 2.75) is 63.3 Å². The molecule has 224 valence electrons. The maximum Gasteiger partial charge on any atom is 0.303 e. The molecule has 2 heterocycles. The minimum atomic E-state index is -3.96. The molecule has 1 aromatic carbocycles. The number of aryl methyl sites for hydroxylation is 2. The summed E-state index contributed by atoms with van der Waals surface area (Å²) in [5.74, 6) is 0.508. The van der Waals surface area contributed by atoms with Crippen molar-refractivity contribution in [3.63, 3.8) is 0 Å². The van der Waals surface area contributed by atoms with Gasteiger partial charge in [-0.25, -0.2) is 9.71 Å². The Morgan fingerprint density at radius 2 is 1.93 bits per heavy atom. The molecule has 1 N–H and O–H groups in total. The summed E-state index contributed by atoms with van der Waals surface area (Å²) in [5.41, 5.74) is 2.73. The molecule has 42 heavy (non-hydrogen) atoms. The molecule has 3 aromatic rings. The number of thiazole rings is 1. The van der Waals surface area contributed by atoms with Gasteiger partial charge in [-0.2, -0.15) is 12.7 Å². The topological polar surface area (TPSA) is 122 Å². The summed E-state index contributed by atoms with van der Waals surface area (Å²) in [6.45, 7) is 2.46. The summed E-state index contributed by atoms with van der Waals surface area (Å²) in [5, 5.41) is 0.572. The summed E-state index contributed by atoms with van der Waals surface area (Å²) in [6, 6.07) is 12.4. The normalized spacial score (nSPS) is 15.8. The van der Waals surface area contributed by atoms with E-state index in [9.17, 15) is 18.0 Å². The number of amides is 2. The van der Waals surface area contributed by atoms with Gasteiger partial charge in [0.1, 0.15) is 16.5 Å². The smallest absolute Gasteiger partial charge is 0.303 e. The molecule has 0 spiro atoms. The van der Waals surface area contributed by atoms with Crippen LogP contribution in [-0.4, -0.2) is 67.2 Å². The van der Waals surface area contributed by atoms with Crippen LogP contribution in [0.5, 0.6) is 5.75 Å². The third-order valence-corrected chi connectivity index (χ3v) is 10.2. The summed E-state index contributed by atoms with van der Waals surface area (Å²) in [4.78, 5) is 38.3. The number of pyridine rings is 1. The molecule has 0 radical (unpaired) electrons. The van der Waals surface area contributed by atoms with Crippen LogP contribution in [0.2, 0.25) is 0 Å². The van der Waals surface area contributed by atoms with Gasteiger partial charge in [0, 0.05) is 25.5 Å². The third kappa shape index (κ3) is 6.66. The third-order valence-electron chi connectivity index (χ3n) is 7.89. The number of aromatic nitrogens is 2. The summed E-state index contributed by atoms with van der Waals surface area (Å²) in [7, 11) is 0.298. The zero-order chi connectivity index (χ0) is 30.1. The lowest BCUT2D eigenvalue weighted by atomic mass is 9.99. The average Bonchev–Trinajstić information content (AvgIpc) is 3.90. The van der Waals surface area contributed by atoms with Crippen molar-refractivity contribution < 1.29 is 22.7 Å². The van der Waals surface area contributed by atoms with E-state index in [-0.39, 0.29) is 18.1 Å². The number of carbonyl (C=O) groups excluding carboxylic acids is 2. The molecule has 2 aromatic heterocycles. The molecule has 0 bridgehead atoms. The van der Waals surface area contributed by atoms with E-state index in [2.05, 4.69) is 34.2 Å². The van der Waals surface area contributed by atoms with Crippen molar-refractivity contribution in [1.29, 1.82) is 0 Å². The zero-order valence-electron chi connectivity index (χ0n) is 24.4. The number of hydrogen-bond donors (Lipinski definition) is 1. The Labute approximate surface area is 251 Å². The summed E-state index contributed by atoms with van der Waals surface area (Å²) < 4.78 is 32.6. The number of ether oxygens (including phenoxy) is 1. The molecule has 0 atom stereocenters. The van der Waals surface area contributed by atoms with E-state index in [4.69, 9.17) is 4.74 Å². The van der Waals surface area contributed by atoms with Gasteiger partial charge in [-0.05, 0) is 74.6 Å². The highest BCUT2D eigenvalue weighted by Gasteiger charge is 2.54. The molecule has 10 nitrogen and oxygen atoms in total. The SMILES string of the molecule is COc1ccc(C2(C(=O)N(CCCc3cccc(C4CC4)c3)Cc3nc(C(=O)NS(=O)(=O)N(C)C)c(C)s3)CC2)nc1. The first-order valence-corrected chi connectivity index (χ1v) is 16.4. The average molecular weight is 612 g/mol. The van der Waals surface area contributed by atoms with E-state index >= 15 is 0 Å². The van der Waals surface area contributed by atoms with Crippen LogP contribution in [0.1, 0.15) is 75.2 Å². The Kier molecular flexibility index (Phi) is 8.68. The van der Waals surface area contributed by atoms with Crippen LogP contribution >= 0.6 is 11.3 Å². The van der Waals surface area contributed by atoms with Crippen molar-refractivity contribution in [3.05, 3.63) is 75.0 Å². The minimum absolute atomic E-state index is 0.0130. The molecule has 2 fully saturated rings. The van der Waals surface area contributed by atoms with Crippen molar-refractivity contribution >= 4 is 33.4 Å². The molecule has 0 aliphatic heterocycles. The van der Waals surface area contributed by atoms with Gasteiger partial charge in [0.2, 0.25) is 5.91 Å². The Morgan fingerprint density at radius 3 is 2.55 bits per heavy atom. The lowest BCUT2D eigenvalue weighted by molar-refractivity contribution is -0.134. The predicted octanol–water partition coefficient (Wildman–Crippen LogP) is 3.96. The zero-order valence-corrected chi connectivity index (χ0v) is 26.1. The molecule has 5 rings (SSSR count). The maximum absolute atomic E-state index is 14.1. The van der Waals surface area contributed by atoms with E-state index in [0.717, 1.165) is 22.8 Å². The largest absolute Gasteiger partial charge is 0.495 e. The summed E-state index contributed by atoms with van der Waals surface area (Å²) >= 11 is 1.29. The maximum atomic E-state index is 14.1. The monoisotopic (exact) mass is 611 g/mol. The van der Waals surface area contributed by atoms with Crippen molar-refractivity contribution in [3.8, 4) is 5.75 Å². The van der Waals surface area contributed by atoms with Crippen LogP contribution in [0.25, 0.3) is 0 Å². The van der Waals surface area contributed by atoms with Gasteiger partial charge in [0.25, 0.3) is 5.91 Å². The first kappa shape index (κ1) is 30.1. The molecule has 2 saturated carbocycles. The second-order valence-corrected chi connectivity index (χ2v) is 14.4. The second-order valence-electron chi connectivity index (χ2n) is 11.2. The van der Waals surface area contributed by atoms with E-state index in [0.29, 0.717) is 40.9 Å². The van der Waals surface area contributed by atoms with Gasteiger partial charge in [-0.1, -0.05) is 24.3 Å². The minimum Gasteiger partial charge on any atom is -0.495 e. The molecule has 2 aliphatic carbocycles. The first-order valence-electron chi connectivity index (χ1n) is 14.1. The molecular formula is C30H37N5O5S2. The van der Waals surface area contributed by atoms with Gasteiger partial charge in [0.05, 0.1) is 31.0 Å². The molecule has 2 amide bonds. The number of hydrogen-bond acceptors (Lipinski definition) is 8. The first-order chi connectivity index (χ1) is 20.0. The van der Waals surface area contributed by atoms with Crippen LogP contribution in [-0.2, 0) is 33.4 Å². The number of methoxy groups -OCH3 is 1. The van der Waals surface area contributed by atoms with Gasteiger partial charge in [-0.15, -0.1) is 11.3 Å². The van der Waals surface area contributed by atoms with Gasteiger partial charge in [0.15, 0.2) is 0 Å². The Balaban J connectivity index is 1.35. The summed E-state index contributed by atoms with van der Waals surface area (Å²) in [6.07, 6.45) is 7.16. The Morgan fingerprint density at radius 1 is 1.17 bits per heavy atom. The molecular weight excluding hydrogens is 574 g/mol. The van der Waals surface area contributed by atoms with Crippen LogP contribution in [0, 0.1) is 6.92 Å². The Hall–Kier alpha value is -3.35. The van der Waals surface area contributed by atoms with Crippen molar-refractivity contribution in [2.24, 2.45) is 0 Å². The molecule has 2 aliphatic rings. The standard InChI is InChI=1S/C30H37N5O5S2/c1-20-27(28(36)33-42(38,39)34(2)3)32-26(41-20)19-35(16-6-8-21-7-5-9-23(17-21)22-10-11-22)29(37)30(14-15-30)25-13-12-24(40-4)18-31-25/h5,7,9,12-13,17-18,22H,6,8,10-11,14-16,19H2,1-4H3,(H,33,36). The van der Waals surface area contributed by atoms with Crippen LogP contribution in [0.4, 0.5) is 0 Å². The predicted molar refractivity (Wildman–Crippen MR) is 161 cm³/mol.